The second-order valence-corrected chi connectivity index (χ2v) is 3.65. The summed E-state index contributed by atoms with van der Waals surface area (Å²) < 4.78 is 1.86. The lowest BCUT2D eigenvalue weighted by molar-refractivity contribution is 0.637. The summed E-state index contributed by atoms with van der Waals surface area (Å²) in [6, 6.07) is 3.81. The second-order valence-electron chi connectivity index (χ2n) is 3.65. The number of rotatable bonds is 4. The largest absolute Gasteiger partial charge is 0.396 e. The number of nitrogens with two attached hydrogens (primary N) is 1. The Morgan fingerprint density at radius 1 is 1.50 bits per heavy atom. The maximum atomic E-state index is 5.83. The number of aromatic nitrogens is 3. The highest BCUT2D eigenvalue weighted by atomic mass is 15.3. The number of pyridine rings is 1. The van der Waals surface area contributed by atoms with Gasteiger partial charge in [-0.1, -0.05) is 0 Å². The Kier molecular flexibility index (Phi) is 3.05. The summed E-state index contributed by atoms with van der Waals surface area (Å²) in [6.45, 7) is 3.51. The van der Waals surface area contributed by atoms with Crippen LogP contribution >= 0.6 is 0 Å². The van der Waals surface area contributed by atoms with E-state index in [9.17, 15) is 0 Å². The molecule has 2 rings (SSSR count). The zero-order chi connectivity index (χ0) is 11.4. The van der Waals surface area contributed by atoms with Crippen molar-refractivity contribution in [2.24, 2.45) is 0 Å². The molecular formula is C11H15N5. The van der Waals surface area contributed by atoms with Gasteiger partial charge in [-0.3, -0.25) is 4.68 Å². The van der Waals surface area contributed by atoms with Gasteiger partial charge in [-0.15, -0.1) is 0 Å². The average molecular weight is 217 g/mol. The summed E-state index contributed by atoms with van der Waals surface area (Å²) in [5, 5.41) is 7.29. The molecule has 0 aromatic carbocycles. The minimum Gasteiger partial charge on any atom is -0.396 e. The standard InChI is InChI=1S/C11H15N5/c1-9-7-10(12)11(14-8-9)13-4-6-16-5-2-3-15-16/h2-3,5,7-8H,4,6,12H2,1H3,(H,13,14). The summed E-state index contributed by atoms with van der Waals surface area (Å²) in [4.78, 5) is 4.23. The highest BCUT2D eigenvalue weighted by Gasteiger charge is 1.99. The summed E-state index contributed by atoms with van der Waals surface area (Å²) in [6.07, 6.45) is 5.48. The number of aryl methyl sites for hydroxylation is 1. The Bertz CT molecular complexity index is 449. The van der Waals surface area contributed by atoms with Crippen LogP contribution in [0.2, 0.25) is 0 Å². The van der Waals surface area contributed by atoms with Gasteiger partial charge in [0.2, 0.25) is 0 Å². The quantitative estimate of drug-likeness (QED) is 0.809. The van der Waals surface area contributed by atoms with Crippen LogP contribution in [0.4, 0.5) is 11.5 Å². The summed E-state index contributed by atoms with van der Waals surface area (Å²) in [5.74, 6) is 0.734. The lowest BCUT2D eigenvalue weighted by Gasteiger charge is -2.08. The van der Waals surface area contributed by atoms with Crippen LogP contribution in [-0.4, -0.2) is 21.3 Å². The molecule has 0 saturated heterocycles. The molecule has 0 aliphatic heterocycles. The maximum absolute atomic E-state index is 5.83. The van der Waals surface area contributed by atoms with Crippen molar-refractivity contribution in [2.45, 2.75) is 13.5 Å². The summed E-state index contributed by atoms with van der Waals surface area (Å²) in [7, 11) is 0. The number of hydrogen-bond donors (Lipinski definition) is 2. The van der Waals surface area contributed by atoms with E-state index in [-0.39, 0.29) is 0 Å². The van der Waals surface area contributed by atoms with Gasteiger partial charge in [0, 0.05) is 25.1 Å². The van der Waals surface area contributed by atoms with Crippen LogP contribution in [-0.2, 0) is 6.54 Å². The van der Waals surface area contributed by atoms with E-state index in [1.165, 1.54) is 0 Å². The molecule has 5 heteroatoms. The number of nitrogen functional groups attached to an aromatic ring is 1. The molecule has 16 heavy (non-hydrogen) atoms. The van der Waals surface area contributed by atoms with E-state index in [1.54, 1.807) is 12.4 Å². The average Bonchev–Trinajstić information content (AvgIpc) is 2.74. The third-order valence-electron chi connectivity index (χ3n) is 2.25. The first kappa shape index (κ1) is 10.5. The highest BCUT2D eigenvalue weighted by Crippen LogP contribution is 2.15. The normalized spacial score (nSPS) is 10.3. The first-order chi connectivity index (χ1) is 7.75. The molecule has 3 N–H and O–H groups in total. The van der Waals surface area contributed by atoms with Gasteiger partial charge in [0.1, 0.15) is 5.82 Å². The molecule has 0 aliphatic carbocycles. The second kappa shape index (κ2) is 4.65. The van der Waals surface area contributed by atoms with Gasteiger partial charge in [0.05, 0.1) is 12.2 Å². The van der Waals surface area contributed by atoms with E-state index < -0.39 is 0 Å². The molecule has 0 aliphatic rings. The molecule has 0 unspecified atom stereocenters. The lowest BCUT2D eigenvalue weighted by Crippen LogP contribution is -2.12. The van der Waals surface area contributed by atoms with Gasteiger partial charge in [-0.25, -0.2) is 4.98 Å². The van der Waals surface area contributed by atoms with Crippen molar-refractivity contribution in [3.63, 3.8) is 0 Å². The molecule has 0 spiro atoms. The van der Waals surface area contributed by atoms with E-state index in [1.807, 2.05) is 29.9 Å². The Morgan fingerprint density at radius 3 is 3.06 bits per heavy atom. The van der Waals surface area contributed by atoms with E-state index in [0.717, 1.165) is 24.5 Å². The molecule has 2 heterocycles. The first-order valence-electron chi connectivity index (χ1n) is 5.19. The fourth-order valence-corrected chi connectivity index (χ4v) is 1.46. The van der Waals surface area contributed by atoms with E-state index >= 15 is 0 Å². The van der Waals surface area contributed by atoms with Gasteiger partial charge >= 0.3 is 0 Å². The molecule has 0 saturated carbocycles. The highest BCUT2D eigenvalue weighted by molar-refractivity contribution is 5.61. The molecule has 2 aromatic heterocycles. The molecular weight excluding hydrogens is 202 g/mol. The Hall–Kier alpha value is -2.04. The number of hydrogen-bond acceptors (Lipinski definition) is 4. The van der Waals surface area contributed by atoms with Crippen molar-refractivity contribution in [1.29, 1.82) is 0 Å². The van der Waals surface area contributed by atoms with Crippen LogP contribution < -0.4 is 11.1 Å². The molecule has 0 bridgehead atoms. The van der Waals surface area contributed by atoms with Crippen molar-refractivity contribution >= 4 is 11.5 Å². The monoisotopic (exact) mass is 217 g/mol. The van der Waals surface area contributed by atoms with Crippen molar-refractivity contribution in [1.82, 2.24) is 14.8 Å². The lowest BCUT2D eigenvalue weighted by atomic mass is 10.3. The van der Waals surface area contributed by atoms with Gasteiger partial charge in [-0.2, -0.15) is 5.10 Å². The molecule has 0 amide bonds. The third-order valence-corrected chi connectivity index (χ3v) is 2.25. The summed E-state index contributed by atoms with van der Waals surface area (Å²) in [5.41, 5.74) is 7.58. The van der Waals surface area contributed by atoms with Gasteiger partial charge < -0.3 is 11.1 Å². The predicted molar refractivity (Wildman–Crippen MR) is 64.1 cm³/mol. The van der Waals surface area contributed by atoms with Crippen LogP contribution in [0.1, 0.15) is 5.56 Å². The maximum Gasteiger partial charge on any atom is 0.149 e. The number of nitrogens with one attached hydrogen (secondary N) is 1. The fraction of sp³-hybridized carbons (Fsp3) is 0.273. The minimum absolute atomic E-state index is 0.681. The SMILES string of the molecule is Cc1cnc(NCCn2cccn2)c(N)c1. The zero-order valence-corrected chi connectivity index (χ0v) is 9.22. The number of anilines is 2. The van der Waals surface area contributed by atoms with Gasteiger partial charge in [-0.05, 0) is 24.6 Å². The van der Waals surface area contributed by atoms with Crippen molar-refractivity contribution in [3.05, 3.63) is 36.3 Å². The van der Waals surface area contributed by atoms with Crippen LogP contribution in [0, 0.1) is 6.92 Å². The molecule has 2 aromatic rings. The van der Waals surface area contributed by atoms with Crippen LogP contribution in [0.25, 0.3) is 0 Å². The smallest absolute Gasteiger partial charge is 0.149 e. The first-order valence-corrected chi connectivity index (χ1v) is 5.19. The van der Waals surface area contributed by atoms with Crippen molar-refractivity contribution < 1.29 is 0 Å². The van der Waals surface area contributed by atoms with Crippen molar-refractivity contribution in [2.75, 3.05) is 17.6 Å². The Balaban J connectivity index is 1.90. The van der Waals surface area contributed by atoms with Gasteiger partial charge in [0.25, 0.3) is 0 Å². The molecule has 0 atom stereocenters. The molecule has 0 fully saturated rings. The third kappa shape index (κ3) is 2.50. The van der Waals surface area contributed by atoms with Crippen LogP contribution in [0.5, 0.6) is 0 Å². The van der Waals surface area contributed by atoms with Gasteiger partial charge in [0.15, 0.2) is 0 Å². The topological polar surface area (TPSA) is 68.8 Å². The minimum atomic E-state index is 0.681. The van der Waals surface area contributed by atoms with Crippen LogP contribution in [0.15, 0.2) is 30.7 Å². The Labute approximate surface area is 94.3 Å². The van der Waals surface area contributed by atoms with Crippen molar-refractivity contribution in [3.8, 4) is 0 Å². The molecule has 84 valence electrons. The van der Waals surface area contributed by atoms with E-state index in [2.05, 4.69) is 15.4 Å². The zero-order valence-electron chi connectivity index (χ0n) is 9.22. The van der Waals surface area contributed by atoms with Crippen LogP contribution in [0.3, 0.4) is 0 Å². The Morgan fingerprint density at radius 2 is 2.38 bits per heavy atom. The predicted octanol–water partition coefficient (Wildman–Crippen LogP) is 1.28. The molecule has 5 nitrogen and oxygen atoms in total. The van der Waals surface area contributed by atoms with E-state index in [4.69, 9.17) is 5.73 Å². The van der Waals surface area contributed by atoms with E-state index in [0.29, 0.717) is 5.69 Å². The fourth-order valence-electron chi connectivity index (χ4n) is 1.46. The molecule has 0 radical (unpaired) electrons. The number of nitrogens with zero attached hydrogens (tertiary/aromatic N) is 3. The summed E-state index contributed by atoms with van der Waals surface area (Å²) >= 11 is 0.